The predicted octanol–water partition coefficient (Wildman–Crippen LogP) is 17.5. The number of fused-ring (bicyclic) bond motifs is 7. The van der Waals surface area contributed by atoms with Gasteiger partial charge in [-0.3, -0.25) is 0 Å². The van der Waals surface area contributed by atoms with E-state index in [-0.39, 0.29) is 11.8 Å². The molecule has 12 rings (SSSR count). The first kappa shape index (κ1) is 37.1. The second kappa shape index (κ2) is 15.3. The number of hydrogen-bond donors (Lipinski definition) is 0. The van der Waals surface area contributed by atoms with Crippen molar-refractivity contribution < 1.29 is 4.42 Å². The smallest absolute Gasteiger partial charge is 0.135 e. The van der Waals surface area contributed by atoms with Crippen LogP contribution in [-0.4, -0.2) is 0 Å². The quantitative estimate of drug-likeness (QED) is 0.159. The molecule has 2 atom stereocenters. The summed E-state index contributed by atoms with van der Waals surface area (Å²) in [6.45, 7) is 2.41. The van der Waals surface area contributed by atoms with E-state index in [9.17, 15) is 0 Å². The summed E-state index contributed by atoms with van der Waals surface area (Å²) in [5.41, 5.74) is 13.2. The Hall–Kier alpha value is -6.68. The van der Waals surface area contributed by atoms with E-state index in [0.29, 0.717) is 5.92 Å². The molecule has 300 valence electrons. The molecule has 2 heterocycles. The number of hydrogen-bond acceptors (Lipinski definition) is 3. The van der Waals surface area contributed by atoms with Crippen molar-refractivity contribution in [3.05, 3.63) is 205 Å². The second-order valence-electron chi connectivity index (χ2n) is 17.5. The first-order chi connectivity index (χ1) is 30.7. The Labute approximate surface area is 367 Å². The fraction of sp³-hybridized carbons (Fsp3) is 0.153. The van der Waals surface area contributed by atoms with E-state index in [1.807, 2.05) is 17.4 Å². The zero-order chi connectivity index (χ0) is 41.1. The highest BCUT2D eigenvalue weighted by atomic mass is 32.1. The summed E-state index contributed by atoms with van der Waals surface area (Å²) >= 11 is 1.88. The third-order valence-electron chi connectivity index (χ3n) is 13.8. The normalized spacial score (nSPS) is 17.1. The number of thiophene rings is 1. The van der Waals surface area contributed by atoms with Gasteiger partial charge in [0.05, 0.1) is 0 Å². The molecule has 1 saturated carbocycles. The van der Waals surface area contributed by atoms with E-state index in [0.717, 1.165) is 33.3 Å². The summed E-state index contributed by atoms with van der Waals surface area (Å²) < 4.78 is 8.90. The van der Waals surface area contributed by atoms with Gasteiger partial charge in [-0.2, -0.15) is 0 Å². The lowest BCUT2D eigenvalue weighted by Crippen LogP contribution is -2.27. The maximum atomic E-state index is 6.24. The van der Waals surface area contributed by atoms with Gasteiger partial charge in [0.2, 0.25) is 0 Å². The highest BCUT2D eigenvalue weighted by Crippen LogP contribution is 2.48. The number of nitrogens with zero attached hydrogens (tertiary/aromatic N) is 1. The standard InChI is InChI=1S/C59H47NOS/c1-38-14-9-26-52(57(38)50-25-12-18-41-17-11-23-46(58(41)50)39-15-3-2-4-16-39)60(44-33-30-40(31-34-44)47-24-13-29-56-59(47)49-22-6-8-28-55(49)62-56)45-20-10-19-42(36-45)43-32-35-54-51(37-43)48-21-5-7-27-53(48)61-54/h5-14,17-39,57H,2-4,15-16H2,1H3. The number of furan rings is 1. The molecule has 0 N–H and O–H groups in total. The zero-order valence-corrected chi connectivity index (χ0v) is 35.7. The van der Waals surface area contributed by atoms with Gasteiger partial charge in [-0.15, -0.1) is 11.3 Å². The van der Waals surface area contributed by atoms with Crippen molar-refractivity contribution in [2.75, 3.05) is 4.90 Å². The van der Waals surface area contributed by atoms with Crippen LogP contribution < -0.4 is 4.90 Å². The van der Waals surface area contributed by atoms with Crippen molar-refractivity contribution in [2.45, 2.75) is 50.9 Å². The summed E-state index contributed by atoms with van der Waals surface area (Å²) in [5, 5.41) is 7.76. The van der Waals surface area contributed by atoms with Crippen LogP contribution in [0.5, 0.6) is 0 Å². The minimum Gasteiger partial charge on any atom is -0.456 e. The molecule has 3 heteroatoms. The fourth-order valence-corrected chi connectivity index (χ4v) is 12.0. The van der Waals surface area contributed by atoms with Crippen LogP contribution in [0.1, 0.15) is 62.0 Å². The van der Waals surface area contributed by atoms with Gasteiger partial charge >= 0.3 is 0 Å². The van der Waals surface area contributed by atoms with Gasteiger partial charge in [0.25, 0.3) is 0 Å². The molecule has 2 unspecified atom stereocenters. The maximum Gasteiger partial charge on any atom is 0.135 e. The molecule has 0 bridgehead atoms. The van der Waals surface area contributed by atoms with Gasteiger partial charge in [-0.05, 0) is 130 Å². The molecule has 0 amide bonds. The minimum atomic E-state index is 0.135. The summed E-state index contributed by atoms with van der Waals surface area (Å²) in [6, 6.07) is 63.1. The Morgan fingerprint density at radius 2 is 1.24 bits per heavy atom. The highest BCUT2D eigenvalue weighted by molar-refractivity contribution is 7.25. The minimum absolute atomic E-state index is 0.135. The van der Waals surface area contributed by atoms with Crippen LogP contribution in [0.4, 0.5) is 11.4 Å². The summed E-state index contributed by atoms with van der Waals surface area (Å²) in [7, 11) is 0. The monoisotopic (exact) mass is 817 g/mol. The van der Waals surface area contributed by atoms with Crippen molar-refractivity contribution >= 4 is 75.6 Å². The van der Waals surface area contributed by atoms with Gasteiger partial charge in [0.15, 0.2) is 0 Å². The average Bonchev–Trinajstić information content (AvgIpc) is 3.90. The van der Waals surface area contributed by atoms with Crippen LogP contribution in [-0.2, 0) is 0 Å². The van der Waals surface area contributed by atoms with E-state index >= 15 is 0 Å². The van der Waals surface area contributed by atoms with E-state index in [1.165, 1.54) is 102 Å². The topological polar surface area (TPSA) is 16.4 Å². The first-order valence-corrected chi connectivity index (χ1v) is 23.2. The molecule has 2 nitrogen and oxygen atoms in total. The zero-order valence-electron chi connectivity index (χ0n) is 34.9. The van der Waals surface area contributed by atoms with Crippen LogP contribution in [0.15, 0.2) is 198 Å². The largest absolute Gasteiger partial charge is 0.456 e. The maximum absolute atomic E-state index is 6.24. The van der Waals surface area contributed by atoms with Crippen molar-refractivity contribution in [2.24, 2.45) is 5.92 Å². The van der Waals surface area contributed by atoms with Crippen molar-refractivity contribution in [3.8, 4) is 22.3 Å². The molecule has 62 heavy (non-hydrogen) atoms. The lowest BCUT2D eigenvalue weighted by Gasteiger charge is -2.38. The van der Waals surface area contributed by atoms with Crippen molar-refractivity contribution in [1.29, 1.82) is 0 Å². The molecule has 0 radical (unpaired) electrons. The number of para-hydroxylation sites is 1. The lowest BCUT2D eigenvalue weighted by atomic mass is 9.75. The van der Waals surface area contributed by atoms with Gasteiger partial charge in [-0.1, -0.05) is 154 Å². The summed E-state index contributed by atoms with van der Waals surface area (Å²) in [5.74, 6) is 1.02. The number of rotatable bonds is 7. The van der Waals surface area contributed by atoms with E-state index in [2.05, 4.69) is 194 Å². The Kier molecular flexibility index (Phi) is 9.19. The Morgan fingerprint density at radius 3 is 2.11 bits per heavy atom. The fourth-order valence-electron chi connectivity index (χ4n) is 10.9. The van der Waals surface area contributed by atoms with Gasteiger partial charge in [0.1, 0.15) is 11.2 Å². The molecular formula is C59H47NOS. The molecule has 10 aromatic rings. The Morgan fingerprint density at radius 1 is 0.532 bits per heavy atom. The molecule has 2 aliphatic rings. The van der Waals surface area contributed by atoms with E-state index in [4.69, 9.17) is 4.42 Å². The third kappa shape index (κ3) is 6.29. The van der Waals surface area contributed by atoms with E-state index < -0.39 is 0 Å². The lowest BCUT2D eigenvalue weighted by molar-refractivity contribution is 0.445. The van der Waals surface area contributed by atoms with Crippen LogP contribution in [0.25, 0.3) is 75.1 Å². The third-order valence-corrected chi connectivity index (χ3v) is 14.9. The average molecular weight is 818 g/mol. The molecule has 8 aromatic carbocycles. The number of benzene rings is 8. The summed E-state index contributed by atoms with van der Waals surface area (Å²) in [6.07, 6.45) is 13.6. The van der Waals surface area contributed by atoms with Gasteiger partial charge < -0.3 is 9.32 Å². The molecule has 2 aromatic heterocycles. The van der Waals surface area contributed by atoms with Crippen LogP contribution in [0.3, 0.4) is 0 Å². The van der Waals surface area contributed by atoms with Crippen LogP contribution in [0, 0.1) is 5.92 Å². The highest BCUT2D eigenvalue weighted by Gasteiger charge is 2.32. The van der Waals surface area contributed by atoms with Gasteiger partial charge in [-0.25, -0.2) is 0 Å². The molecule has 0 saturated heterocycles. The predicted molar refractivity (Wildman–Crippen MR) is 265 cm³/mol. The summed E-state index contributed by atoms with van der Waals surface area (Å²) in [4.78, 5) is 2.55. The SMILES string of the molecule is CC1C=CC=C(N(c2ccc(-c3cccc4sc5ccccc5c34)cc2)c2cccc(-c3ccc4oc5ccccc5c4c3)c2)C1c1cccc2cccc(C3CCCCC3)c12. The molecular weight excluding hydrogens is 771 g/mol. The van der Waals surface area contributed by atoms with Crippen molar-refractivity contribution in [3.63, 3.8) is 0 Å². The van der Waals surface area contributed by atoms with E-state index in [1.54, 1.807) is 0 Å². The van der Waals surface area contributed by atoms with Crippen LogP contribution >= 0.6 is 11.3 Å². The second-order valence-corrected chi connectivity index (χ2v) is 18.5. The molecule has 0 spiro atoms. The number of allylic oxidation sites excluding steroid dienone is 4. The number of anilines is 2. The van der Waals surface area contributed by atoms with Gasteiger partial charge in [0, 0.05) is 53.9 Å². The molecule has 0 aliphatic heterocycles. The Balaban J connectivity index is 1.03. The molecule has 2 aliphatic carbocycles. The van der Waals surface area contributed by atoms with Crippen molar-refractivity contribution in [1.82, 2.24) is 0 Å². The first-order valence-electron chi connectivity index (χ1n) is 22.4. The van der Waals surface area contributed by atoms with Crippen LogP contribution in [0.2, 0.25) is 0 Å². The molecule has 1 fully saturated rings. The Bertz CT molecular complexity index is 3370.